The van der Waals surface area contributed by atoms with E-state index in [1.54, 1.807) is 12.4 Å². The zero-order valence-electron chi connectivity index (χ0n) is 15.1. The van der Waals surface area contributed by atoms with Gasteiger partial charge in [0, 0.05) is 17.3 Å². The molecule has 0 saturated carbocycles. The van der Waals surface area contributed by atoms with Crippen LogP contribution in [-0.2, 0) is 0 Å². The third-order valence-corrected chi connectivity index (χ3v) is 4.28. The summed E-state index contributed by atoms with van der Waals surface area (Å²) in [5.41, 5.74) is 2.11. The van der Waals surface area contributed by atoms with Crippen molar-refractivity contribution < 1.29 is 9.47 Å². The fourth-order valence-corrected chi connectivity index (χ4v) is 2.43. The Morgan fingerprint density at radius 3 is 2.50 bits per heavy atom. The number of ether oxygens (including phenoxy) is 2. The van der Waals surface area contributed by atoms with Gasteiger partial charge in [-0.2, -0.15) is 0 Å². The van der Waals surface area contributed by atoms with Crippen molar-refractivity contribution in [2.24, 2.45) is 5.92 Å². The van der Waals surface area contributed by atoms with Gasteiger partial charge >= 0.3 is 0 Å². The van der Waals surface area contributed by atoms with Gasteiger partial charge in [-0.15, -0.1) is 0 Å². The van der Waals surface area contributed by atoms with Gasteiger partial charge in [-0.05, 0) is 30.9 Å². The Morgan fingerprint density at radius 2 is 1.71 bits per heavy atom. The lowest BCUT2D eigenvalue weighted by molar-refractivity contribution is 0.282. The Labute approximate surface area is 146 Å². The maximum absolute atomic E-state index is 6.07. The van der Waals surface area contributed by atoms with Gasteiger partial charge in [0.05, 0.1) is 19.4 Å². The lowest BCUT2D eigenvalue weighted by Gasteiger charge is -2.16. The molecule has 0 fully saturated rings. The fourth-order valence-electron chi connectivity index (χ4n) is 2.43. The summed E-state index contributed by atoms with van der Waals surface area (Å²) in [7, 11) is 0. The second kappa shape index (κ2) is 9.96. The zero-order chi connectivity index (χ0) is 17.2. The van der Waals surface area contributed by atoms with Gasteiger partial charge in [-0.25, -0.2) is 0 Å². The second-order valence-electron chi connectivity index (χ2n) is 6.22. The molecule has 0 aliphatic rings. The number of nitrogens with zero attached hydrogens (tertiary/aromatic N) is 1. The molecule has 1 aromatic heterocycles. The number of benzene rings is 1. The van der Waals surface area contributed by atoms with E-state index in [-0.39, 0.29) is 0 Å². The molecule has 0 amide bonds. The van der Waals surface area contributed by atoms with Crippen LogP contribution in [0.15, 0.2) is 42.7 Å². The zero-order valence-corrected chi connectivity index (χ0v) is 15.1. The first-order chi connectivity index (χ1) is 11.8. The molecular formula is C21H29NO2. The molecule has 3 nitrogen and oxygen atoms in total. The summed E-state index contributed by atoms with van der Waals surface area (Å²) < 4.78 is 12.0. The second-order valence-corrected chi connectivity index (χ2v) is 6.22. The van der Waals surface area contributed by atoms with E-state index in [2.05, 4.69) is 31.8 Å². The van der Waals surface area contributed by atoms with Crippen molar-refractivity contribution in [3.63, 3.8) is 0 Å². The molecule has 1 unspecified atom stereocenters. The van der Waals surface area contributed by atoms with Gasteiger partial charge in [0.25, 0.3) is 0 Å². The first-order valence-corrected chi connectivity index (χ1v) is 9.05. The monoisotopic (exact) mass is 327 g/mol. The average Bonchev–Trinajstić information content (AvgIpc) is 2.63. The summed E-state index contributed by atoms with van der Waals surface area (Å²) in [5, 5.41) is 0. The molecule has 0 saturated heterocycles. The summed E-state index contributed by atoms with van der Waals surface area (Å²) in [6, 6.07) is 10.2. The Hall–Kier alpha value is -2.03. The first kappa shape index (κ1) is 18.3. The maximum atomic E-state index is 6.07. The minimum absolute atomic E-state index is 0.686. The van der Waals surface area contributed by atoms with Crippen LogP contribution in [0.1, 0.15) is 46.5 Å². The number of unbranched alkanes of at least 4 members (excludes halogenated alkanes) is 1. The first-order valence-electron chi connectivity index (χ1n) is 9.05. The highest BCUT2D eigenvalue weighted by atomic mass is 16.5. The van der Waals surface area contributed by atoms with Crippen molar-refractivity contribution in [2.75, 3.05) is 13.2 Å². The molecule has 0 bridgehead atoms. The molecule has 2 aromatic rings. The van der Waals surface area contributed by atoms with Gasteiger partial charge in [0.2, 0.25) is 0 Å². The molecule has 2 rings (SSSR count). The molecule has 1 atom stereocenters. The Balaban J connectivity index is 2.16. The van der Waals surface area contributed by atoms with Gasteiger partial charge in [-0.1, -0.05) is 51.8 Å². The molecule has 24 heavy (non-hydrogen) atoms. The third kappa shape index (κ3) is 5.26. The van der Waals surface area contributed by atoms with E-state index in [1.807, 2.05) is 24.3 Å². The van der Waals surface area contributed by atoms with Gasteiger partial charge in [0.15, 0.2) is 0 Å². The molecule has 130 valence electrons. The SMILES string of the molecule is CCCCOc1cnccc1-c1ccccc1OCCC(C)CC. The van der Waals surface area contributed by atoms with E-state index in [1.165, 1.54) is 6.42 Å². The molecule has 0 N–H and O–H groups in total. The van der Waals surface area contributed by atoms with Crippen LogP contribution in [-0.4, -0.2) is 18.2 Å². The van der Waals surface area contributed by atoms with Crippen molar-refractivity contribution in [1.29, 1.82) is 0 Å². The van der Waals surface area contributed by atoms with E-state index in [0.717, 1.165) is 48.5 Å². The number of pyridine rings is 1. The van der Waals surface area contributed by atoms with Crippen molar-refractivity contribution in [2.45, 2.75) is 46.5 Å². The summed E-state index contributed by atoms with van der Waals surface area (Å²) >= 11 is 0. The van der Waals surface area contributed by atoms with E-state index in [0.29, 0.717) is 12.5 Å². The highest BCUT2D eigenvalue weighted by molar-refractivity contribution is 5.75. The van der Waals surface area contributed by atoms with Crippen molar-refractivity contribution in [1.82, 2.24) is 4.98 Å². The molecule has 0 radical (unpaired) electrons. The summed E-state index contributed by atoms with van der Waals surface area (Å²) in [6.45, 7) is 8.09. The number of rotatable bonds is 10. The topological polar surface area (TPSA) is 31.4 Å². The molecule has 0 spiro atoms. The van der Waals surface area contributed by atoms with Gasteiger partial charge < -0.3 is 9.47 Å². The van der Waals surface area contributed by atoms with E-state index in [9.17, 15) is 0 Å². The largest absolute Gasteiger partial charge is 0.493 e. The lowest BCUT2D eigenvalue weighted by Crippen LogP contribution is -2.04. The predicted molar refractivity (Wildman–Crippen MR) is 99.6 cm³/mol. The van der Waals surface area contributed by atoms with Crippen molar-refractivity contribution in [3.8, 4) is 22.6 Å². The van der Waals surface area contributed by atoms with E-state index in [4.69, 9.17) is 9.47 Å². The number of hydrogen-bond donors (Lipinski definition) is 0. The Bertz CT molecular complexity index is 612. The molecular weight excluding hydrogens is 298 g/mol. The normalized spacial score (nSPS) is 12.0. The summed E-state index contributed by atoms with van der Waals surface area (Å²) in [6.07, 6.45) is 8.01. The highest BCUT2D eigenvalue weighted by Crippen LogP contribution is 2.36. The van der Waals surface area contributed by atoms with Crippen LogP contribution in [0.2, 0.25) is 0 Å². The van der Waals surface area contributed by atoms with Crippen molar-refractivity contribution >= 4 is 0 Å². The lowest BCUT2D eigenvalue weighted by atomic mass is 10.0. The summed E-state index contributed by atoms with van der Waals surface area (Å²) in [4.78, 5) is 4.21. The minimum atomic E-state index is 0.686. The number of aromatic nitrogens is 1. The van der Waals surface area contributed by atoms with E-state index < -0.39 is 0 Å². The Kier molecular flexibility index (Phi) is 7.60. The maximum Gasteiger partial charge on any atom is 0.145 e. The third-order valence-electron chi connectivity index (χ3n) is 4.28. The quantitative estimate of drug-likeness (QED) is 0.521. The van der Waals surface area contributed by atoms with Gasteiger partial charge in [0.1, 0.15) is 11.5 Å². The fraction of sp³-hybridized carbons (Fsp3) is 0.476. The number of hydrogen-bond acceptors (Lipinski definition) is 3. The van der Waals surface area contributed by atoms with Crippen LogP contribution >= 0.6 is 0 Å². The van der Waals surface area contributed by atoms with Crippen LogP contribution in [0, 0.1) is 5.92 Å². The standard InChI is InChI=1S/C21H29NO2/c1-4-6-14-23-21-16-22-13-11-19(21)18-9-7-8-10-20(18)24-15-12-17(3)5-2/h7-11,13,16-17H,4-6,12,14-15H2,1-3H3. The minimum Gasteiger partial charge on any atom is -0.493 e. The predicted octanol–water partition coefficient (Wildman–Crippen LogP) is 5.74. The van der Waals surface area contributed by atoms with Crippen LogP contribution in [0.25, 0.3) is 11.1 Å². The molecule has 0 aliphatic carbocycles. The van der Waals surface area contributed by atoms with Crippen molar-refractivity contribution in [3.05, 3.63) is 42.7 Å². The highest BCUT2D eigenvalue weighted by Gasteiger charge is 2.12. The van der Waals surface area contributed by atoms with Crippen LogP contribution in [0.5, 0.6) is 11.5 Å². The van der Waals surface area contributed by atoms with Crippen LogP contribution in [0.3, 0.4) is 0 Å². The number of para-hydroxylation sites is 1. The van der Waals surface area contributed by atoms with Crippen LogP contribution < -0.4 is 9.47 Å². The molecule has 3 heteroatoms. The molecule has 0 aliphatic heterocycles. The average molecular weight is 327 g/mol. The van der Waals surface area contributed by atoms with Gasteiger partial charge in [-0.3, -0.25) is 4.98 Å². The molecule has 1 heterocycles. The smallest absolute Gasteiger partial charge is 0.145 e. The Morgan fingerprint density at radius 1 is 0.958 bits per heavy atom. The van der Waals surface area contributed by atoms with E-state index >= 15 is 0 Å². The summed E-state index contributed by atoms with van der Waals surface area (Å²) in [5.74, 6) is 2.42. The van der Waals surface area contributed by atoms with Crippen LogP contribution in [0.4, 0.5) is 0 Å². The molecule has 1 aromatic carbocycles.